The summed E-state index contributed by atoms with van der Waals surface area (Å²) < 4.78 is 28.9. The Morgan fingerprint density at radius 1 is 1.24 bits per heavy atom. The van der Waals surface area contributed by atoms with Crippen molar-refractivity contribution in [2.24, 2.45) is 0 Å². The van der Waals surface area contributed by atoms with Gasteiger partial charge < -0.3 is 5.32 Å². The highest BCUT2D eigenvalue weighted by Gasteiger charge is 2.16. The van der Waals surface area contributed by atoms with E-state index in [1.165, 1.54) is 0 Å². The Morgan fingerprint density at radius 2 is 2.04 bits per heavy atom. The highest BCUT2D eigenvalue weighted by atomic mass is 32.2. The molecule has 0 aliphatic carbocycles. The van der Waals surface area contributed by atoms with Crippen LogP contribution in [-0.4, -0.2) is 37.2 Å². The molecule has 0 radical (unpaired) electrons. The Balaban J connectivity index is 1.71. The Kier molecular flexibility index (Phi) is 6.72. The van der Waals surface area contributed by atoms with Gasteiger partial charge in [-0.25, -0.2) is 13.1 Å². The summed E-state index contributed by atoms with van der Waals surface area (Å²) in [4.78, 5) is 12.0. The maximum absolute atomic E-state index is 12.3. The number of hydrogen-bond donors (Lipinski definition) is 2. The lowest BCUT2D eigenvalue weighted by Crippen LogP contribution is -2.31. The minimum Gasteiger partial charge on any atom is -0.356 e. The summed E-state index contributed by atoms with van der Waals surface area (Å²) in [7, 11) is -3.61. The van der Waals surface area contributed by atoms with Gasteiger partial charge in [-0.1, -0.05) is 12.1 Å². The van der Waals surface area contributed by atoms with E-state index < -0.39 is 10.0 Å². The van der Waals surface area contributed by atoms with Crippen molar-refractivity contribution in [3.05, 3.63) is 47.8 Å². The summed E-state index contributed by atoms with van der Waals surface area (Å²) in [5, 5.41) is 6.86. The monoisotopic (exact) mass is 364 g/mol. The number of amides is 1. The first-order valence-corrected chi connectivity index (χ1v) is 9.68. The van der Waals surface area contributed by atoms with Crippen molar-refractivity contribution in [2.75, 3.05) is 13.1 Å². The molecule has 1 amide bonds. The summed E-state index contributed by atoms with van der Waals surface area (Å²) >= 11 is 0. The van der Waals surface area contributed by atoms with Crippen LogP contribution in [-0.2, 0) is 21.4 Å². The molecule has 0 atom stereocenters. The fourth-order valence-electron chi connectivity index (χ4n) is 2.36. The van der Waals surface area contributed by atoms with Gasteiger partial charge in [-0.2, -0.15) is 5.10 Å². The summed E-state index contributed by atoms with van der Waals surface area (Å²) in [5.41, 5.74) is 1.56. The number of aromatic nitrogens is 2. The number of rotatable bonds is 9. The molecule has 8 heteroatoms. The lowest BCUT2D eigenvalue weighted by atomic mass is 10.2. The Hall–Kier alpha value is -2.19. The standard InChI is InChI=1S/C17H24N4O3S/c1-14-5-6-15(2)16(13-14)25(23,24)20-10-7-17(22)18-8-3-11-21-12-4-9-19-21/h4-6,9,12-13,20H,3,7-8,10-11H2,1-2H3,(H,18,22). The van der Waals surface area contributed by atoms with Gasteiger partial charge in [0.1, 0.15) is 0 Å². The van der Waals surface area contributed by atoms with Crippen LogP contribution in [0.2, 0.25) is 0 Å². The van der Waals surface area contributed by atoms with Gasteiger partial charge in [0.05, 0.1) is 4.90 Å². The topological polar surface area (TPSA) is 93.1 Å². The molecule has 25 heavy (non-hydrogen) atoms. The van der Waals surface area contributed by atoms with Crippen molar-refractivity contribution in [1.29, 1.82) is 0 Å². The number of sulfonamides is 1. The van der Waals surface area contributed by atoms with Crippen LogP contribution in [0.5, 0.6) is 0 Å². The van der Waals surface area contributed by atoms with E-state index >= 15 is 0 Å². The number of carbonyl (C=O) groups is 1. The van der Waals surface area contributed by atoms with Crippen molar-refractivity contribution >= 4 is 15.9 Å². The summed E-state index contributed by atoms with van der Waals surface area (Å²) in [6, 6.07) is 7.12. The maximum Gasteiger partial charge on any atom is 0.240 e. The quantitative estimate of drug-likeness (QED) is 0.657. The average Bonchev–Trinajstić information content (AvgIpc) is 3.07. The molecule has 2 rings (SSSR count). The van der Waals surface area contributed by atoms with E-state index in [0.717, 1.165) is 18.5 Å². The first-order valence-electron chi connectivity index (χ1n) is 8.19. The predicted octanol–water partition coefficient (Wildman–Crippen LogP) is 1.37. The highest BCUT2D eigenvalue weighted by molar-refractivity contribution is 7.89. The molecule has 0 aliphatic heterocycles. The third-order valence-electron chi connectivity index (χ3n) is 3.72. The van der Waals surface area contributed by atoms with Crippen LogP contribution in [0.1, 0.15) is 24.0 Å². The maximum atomic E-state index is 12.3. The van der Waals surface area contributed by atoms with Gasteiger partial charge in [0.25, 0.3) is 0 Å². The van der Waals surface area contributed by atoms with E-state index in [1.54, 1.807) is 29.9 Å². The molecule has 1 aromatic carbocycles. The van der Waals surface area contributed by atoms with Gasteiger partial charge >= 0.3 is 0 Å². The summed E-state index contributed by atoms with van der Waals surface area (Å²) in [6.45, 7) is 4.92. The molecule has 136 valence electrons. The molecule has 0 saturated heterocycles. The van der Waals surface area contributed by atoms with Crippen LogP contribution in [0.3, 0.4) is 0 Å². The van der Waals surface area contributed by atoms with E-state index in [-0.39, 0.29) is 23.8 Å². The van der Waals surface area contributed by atoms with Crippen LogP contribution in [0, 0.1) is 13.8 Å². The van der Waals surface area contributed by atoms with Gasteiger partial charge in [-0.05, 0) is 43.5 Å². The highest BCUT2D eigenvalue weighted by Crippen LogP contribution is 2.16. The molecule has 0 fully saturated rings. The first-order chi connectivity index (χ1) is 11.9. The number of nitrogens with one attached hydrogen (secondary N) is 2. The van der Waals surface area contributed by atoms with Gasteiger partial charge in [-0.15, -0.1) is 0 Å². The normalized spacial score (nSPS) is 11.4. The fourth-order valence-corrected chi connectivity index (χ4v) is 3.72. The molecule has 0 saturated carbocycles. The zero-order valence-electron chi connectivity index (χ0n) is 14.5. The second kappa shape index (κ2) is 8.77. The van der Waals surface area contributed by atoms with Crippen molar-refractivity contribution in [2.45, 2.75) is 38.1 Å². The van der Waals surface area contributed by atoms with E-state index in [0.29, 0.717) is 12.1 Å². The lowest BCUT2D eigenvalue weighted by molar-refractivity contribution is -0.120. The van der Waals surface area contributed by atoms with Gasteiger partial charge in [0, 0.05) is 38.4 Å². The number of nitrogens with zero attached hydrogens (tertiary/aromatic N) is 2. The van der Waals surface area contributed by atoms with Crippen LogP contribution >= 0.6 is 0 Å². The molecule has 0 unspecified atom stereocenters. The second-order valence-corrected chi connectivity index (χ2v) is 7.62. The first kappa shape index (κ1) is 19.1. The smallest absolute Gasteiger partial charge is 0.240 e. The lowest BCUT2D eigenvalue weighted by Gasteiger charge is -2.10. The number of aryl methyl sites for hydroxylation is 3. The molecule has 7 nitrogen and oxygen atoms in total. The fraction of sp³-hybridized carbons (Fsp3) is 0.412. The molecule has 0 aliphatic rings. The minimum absolute atomic E-state index is 0.0701. The number of hydrogen-bond acceptors (Lipinski definition) is 4. The molecule has 1 aromatic heterocycles. The predicted molar refractivity (Wildman–Crippen MR) is 95.6 cm³/mol. The van der Waals surface area contributed by atoms with Gasteiger partial charge in [0.2, 0.25) is 15.9 Å². The van der Waals surface area contributed by atoms with E-state index in [1.807, 2.05) is 25.3 Å². The molecule has 0 bridgehead atoms. The third kappa shape index (κ3) is 5.99. The minimum atomic E-state index is -3.61. The molecule has 1 heterocycles. The zero-order chi connectivity index (χ0) is 18.3. The second-order valence-electron chi connectivity index (χ2n) is 5.89. The molecule has 0 spiro atoms. The zero-order valence-corrected chi connectivity index (χ0v) is 15.3. The van der Waals surface area contributed by atoms with Gasteiger partial charge in [0.15, 0.2) is 0 Å². The van der Waals surface area contributed by atoms with E-state index in [2.05, 4.69) is 15.1 Å². The van der Waals surface area contributed by atoms with Crippen LogP contribution in [0.4, 0.5) is 0 Å². The van der Waals surface area contributed by atoms with E-state index in [4.69, 9.17) is 0 Å². The average molecular weight is 364 g/mol. The Morgan fingerprint density at radius 3 is 2.76 bits per heavy atom. The molecular weight excluding hydrogens is 340 g/mol. The van der Waals surface area contributed by atoms with Crippen molar-refractivity contribution < 1.29 is 13.2 Å². The number of benzene rings is 1. The SMILES string of the molecule is Cc1ccc(C)c(S(=O)(=O)NCCC(=O)NCCCn2cccn2)c1. The van der Waals surface area contributed by atoms with Crippen molar-refractivity contribution in [3.8, 4) is 0 Å². The molecule has 2 N–H and O–H groups in total. The molecular formula is C17H24N4O3S. The van der Waals surface area contributed by atoms with Gasteiger partial charge in [-0.3, -0.25) is 9.48 Å². The summed E-state index contributed by atoms with van der Waals surface area (Å²) in [6.07, 6.45) is 4.44. The largest absolute Gasteiger partial charge is 0.356 e. The van der Waals surface area contributed by atoms with Crippen molar-refractivity contribution in [3.63, 3.8) is 0 Å². The van der Waals surface area contributed by atoms with Crippen LogP contribution in [0.25, 0.3) is 0 Å². The van der Waals surface area contributed by atoms with Crippen LogP contribution < -0.4 is 10.0 Å². The Bertz CT molecular complexity index is 801. The van der Waals surface area contributed by atoms with E-state index in [9.17, 15) is 13.2 Å². The Labute approximate surface area is 148 Å². The third-order valence-corrected chi connectivity index (χ3v) is 5.33. The number of carbonyl (C=O) groups excluding carboxylic acids is 1. The molecule has 2 aromatic rings. The van der Waals surface area contributed by atoms with Crippen LogP contribution in [0.15, 0.2) is 41.6 Å². The van der Waals surface area contributed by atoms with Crippen molar-refractivity contribution in [1.82, 2.24) is 19.8 Å². The summed E-state index contributed by atoms with van der Waals surface area (Å²) in [5.74, 6) is -0.177.